The molecule has 0 spiro atoms. The minimum Gasteiger partial charge on any atom is -0.272 e. The van der Waals surface area contributed by atoms with Crippen molar-refractivity contribution in [2.75, 3.05) is 18.9 Å². The highest BCUT2D eigenvalue weighted by atomic mass is 32.2. The van der Waals surface area contributed by atoms with Crippen molar-refractivity contribution in [3.05, 3.63) is 0 Å². The number of hydrogen-bond acceptors (Lipinski definition) is 3. The van der Waals surface area contributed by atoms with Crippen LogP contribution in [0.4, 0.5) is 0 Å². The topological polar surface area (TPSA) is 12.5 Å². The molecule has 0 aromatic heterocycles. The van der Waals surface area contributed by atoms with Gasteiger partial charge in [-0.15, -0.1) is 0 Å². The van der Waals surface area contributed by atoms with Crippen LogP contribution >= 0.6 is 24.0 Å². The minimum atomic E-state index is 0.803. The molecule has 1 aliphatic rings. The number of thiocarbonyl (C=S) groups is 1. The maximum Gasteiger partial charge on any atom is 0.160 e. The van der Waals surface area contributed by atoms with Gasteiger partial charge in [0.25, 0.3) is 0 Å². The lowest BCUT2D eigenvalue weighted by molar-refractivity contribution is -0.0886. The molecule has 1 rings (SSSR count). The van der Waals surface area contributed by atoms with Gasteiger partial charge in [-0.2, -0.15) is 0 Å². The second kappa shape index (κ2) is 4.95. The molecule has 64 valence electrons. The van der Waals surface area contributed by atoms with Crippen molar-refractivity contribution in [2.45, 2.75) is 19.8 Å². The van der Waals surface area contributed by atoms with Crippen molar-refractivity contribution in [3.63, 3.8) is 0 Å². The summed E-state index contributed by atoms with van der Waals surface area (Å²) in [5.74, 6) is 1.07. The molecule has 1 heterocycles. The van der Waals surface area contributed by atoms with Crippen LogP contribution in [0.1, 0.15) is 19.8 Å². The van der Waals surface area contributed by atoms with E-state index < -0.39 is 0 Å². The normalized spacial score (nSPS) is 17.9. The molecular weight excluding hydrogens is 178 g/mol. The third-order valence-electron chi connectivity index (χ3n) is 1.47. The second-order valence-corrected chi connectivity index (χ2v) is 4.13. The fourth-order valence-electron chi connectivity index (χ4n) is 0.815. The number of unbranched alkanes of at least 4 members (excludes halogenated alkanes) is 1. The van der Waals surface area contributed by atoms with Crippen LogP contribution in [0, 0.1) is 0 Å². The molecule has 0 radical (unpaired) electrons. The molecule has 1 saturated heterocycles. The van der Waals surface area contributed by atoms with Gasteiger partial charge in [-0.25, -0.2) is 5.06 Å². The van der Waals surface area contributed by atoms with Crippen LogP contribution in [0.5, 0.6) is 0 Å². The SMILES string of the molecule is CCCCON1CCSC1=S. The Morgan fingerprint density at radius 1 is 1.73 bits per heavy atom. The predicted octanol–water partition coefficient (Wildman–Crippen LogP) is 2.05. The molecule has 0 N–H and O–H groups in total. The van der Waals surface area contributed by atoms with Crippen molar-refractivity contribution in [1.29, 1.82) is 0 Å². The molecule has 0 unspecified atom stereocenters. The summed E-state index contributed by atoms with van der Waals surface area (Å²) < 4.78 is 0.890. The number of hydroxylamine groups is 2. The molecule has 0 aliphatic carbocycles. The standard InChI is InChI=1S/C7H13NOS2/c1-2-3-5-9-8-4-6-11-7(8)10/h2-6H2,1H3. The van der Waals surface area contributed by atoms with Crippen LogP contribution in [0.15, 0.2) is 0 Å². The van der Waals surface area contributed by atoms with Crippen molar-refractivity contribution in [2.24, 2.45) is 0 Å². The van der Waals surface area contributed by atoms with Crippen LogP contribution in [0.2, 0.25) is 0 Å². The quantitative estimate of drug-likeness (QED) is 0.498. The summed E-state index contributed by atoms with van der Waals surface area (Å²) in [6, 6.07) is 0. The fourth-order valence-corrected chi connectivity index (χ4v) is 1.93. The first-order valence-corrected chi connectivity index (χ1v) is 5.31. The summed E-state index contributed by atoms with van der Waals surface area (Å²) in [5, 5.41) is 1.83. The van der Waals surface area contributed by atoms with E-state index in [1.807, 2.05) is 5.06 Å². The molecule has 4 heteroatoms. The molecule has 0 aromatic carbocycles. The number of hydrogen-bond donors (Lipinski definition) is 0. The average molecular weight is 191 g/mol. The van der Waals surface area contributed by atoms with E-state index in [4.69, 9.17) is 17.1 Å². The summed E-state index contributed by atoms with van der Waals surface area (Å²) in [6.07, 6.45) is 2.29. The van der Waals surface area contributed by atoms with Crippen LogP contribution in [0.3, 0.4) is 0 Å². The van der Waals surface area contributed by atoms with Crippen molar-refractivity contribution >= 4 is 28.3 Å². The Balaban J connectivity index is 2.10. The smallest absolute Gasteiger partial charge is 0.160 e. The molecule has 11 heavy (non-hydrogen) atoms. The average Bonchev–Trinajstić information content (AvgIpc) is 2.37. The van der Waals surface area contributed by atoms with Gasteiger partial charge >= 0.3 is 0 Å². The van der Waals surface area contributed by atoms with E-state index in [0.29, 0.717) is 0 Å². The van der Waals surface area contributed by atoms with Gasteiger partial charge in [0.1, 0.15) is 0 Å². The van der Waals surface area contributed by atoms with E-state index in [2.05, 4.69) is 6.92 Å². The Morgan fingerprint density at radius 2 is 2.55 bits per heavy atom. The van der Waals surface area contributed by atoms with Gasteiger partial charge in [-0.3, -0.25) is 4.84 Å². The van der Waals surface area contributed by atoms with Crippen LogP contribution in [-0.2, 0) is 4.84 Å². The third-order valence-corrected chi connectivity index (χ3v) is 2.86. The molecule has 1 aliphatic heterocycles. The van der Waals surface area contributed by atoms with Gasteiger partial charge in [0, 0.05) is 5.75 Å². The summed E-state index contributed by atoms with van der Waals surface area (Å²) >= 11 is 6.75. The van der Waals surface area contributed by atoms with Gasteiger partial charge in [0.05, 0.1) is 13.2 Å². The van der Waals surface area contributed by atoms with E-state index in [1.54, 1.807) is 11.8 Å². The summed E-state index contributed by atoms with van der Waals surface area (Å²) in [7, 11) is 0. The van der Waals surface area contributed by atoms with Crippen molar-refractivity contribution in [1.82, 2.24) is 5.06 Å². The zero-order chi connectivity index (χ0) is 8.10. The van der Waals surface area contributed by atoms with Gasteiger partial charge in [0.15, 0.2) is 4.32 Å². The third kappa shape index (κ3) is 2.97. The van der Waals surface area contributed by atoms with Crippen LogP contribution in [-0.4, -0.2) is 28.3 Å². The molecule has 2 nitrogen and oxygen atoms in total. The molecule has 0 amide bonds. The highest BCUT2D eigenvalue weighted by molar-refractivity contribution is 8.23. The zero-order valence-electron chi connectivity index (χ0n) is 6.71. The maximum absolute atomic E-state index is 5.43. The Morgan fingerprint density at radius 3 is 3.09 bits per heavy atom. The van der Waals surface area contributed by atoms with Gasteiger partial charge in [-0.1, -0.05) is 37.3 Å². The van der Waals surface area contributed by atoms with E-state index in [0.717, 1.165) is 29.6 Å². The Bertz CT molecular complexity index is 140. The largest absolute Gasteiger partial charge is 0.272 e. The lowest BCUT2D eigenvalue weighted by atomic mass is 10.4. The first-order valence-electron chi connectivity index (χ1n) is 3.92. The maximum atomic E-state index is 5.43. The van der Waals surface area contributed by atoms with Gasteiger partial charge in [0.2, 0.25) is 0 Å². The minimum absolute atomic E-state index is 0.803. The Hall–Kier alpha value is 0.200. The molecule has 1 fully saturated rings. The summed E-state index contributed by atoms with van der Waals surface area (Å²) in [6.45, 7) is 3.91. The zero-order valence-corrected chi connectivity index (χ0v) is 8.34. The summed E-state index contributed by atoms with van der Waals surface area (Å²) in [5.41, 5.74) is 0. The molecule has 0 bridgehead atoms. The van der Waals surface area contributed by atoms with Gasteiger partial charge in [-0.05, 0) is 6.42 Å². The fraction of sp³-hybridized carbons (Fsp3) is 0.857. The van der Waals surface area contributed by atoms with Gasteiger partial charge < -0.3 is 0 Å². The Kier molecular flexibility index (Phi) is 4.18. The van der Waals surface area contributed by atoms with Crippen LogP contribution < -0.4 is 0 Å². The van der Waals surface area contributed by atoms with E-state index in [9.17, 15) is 0 Å². The predicted molar refractivity (Wildman–Crippen MR) is 52.6 cm³/mol. The molecular formula is C7H13NOS2. The van der Waals surface area contributed by atoms with Crippen molar-refractivity contribution < 1.29 is 4.84 Å². The number of thioether (sulfide) groups is 1. The molecule has 0 aromatic rings. The molecule has 0 saturated carbocycles. The first-order chi connectivity index (χ1) is 5.34. The van der Waals surface area contributed by atoms with Crippen LogP contribution in [0.25, 0.3) is 0 Å². The number of nitrogens with zero attached hydrogens (tertiary/aromatic N) is 1. The lowest BCUT2D eigenvalue weighted by Gasteiger charge is -2.15. The van der Waals surface area contributed by atoms with E-state index >= 15 is 0 Å². The van der Waals surface area contributed by atoms with E-state index in [-0.39, 0.29) is 0 Å². The molecule has 0 atom stereocenters. The van der Waals surface area contributed by atoms with Crippen molar-refractivity contribution in [3.8, 4) is 0 Å². The monoisotopic (exact) mass is 191 g/mol. The lowest BCUT2D eigenvalue weighted by Crippen LogP contribution is -2.23. The summed E-state index contributed by atoms with van der Waals surface area (Å²) in [4.78, 5) is 5.43. The highest BCUT2D eigenvalue weighted by Gasteiger charge is 2.17. The second-order valence-electron chi connectivity index (χ2n) is 2.40. The Labute approximate surface area is 77.2 Å². The number of rotatable bonds is 4. The first kappa shape index (κ1) is 9.29. The highest BCUT2D eigenvalue weighted by Crippen LogP contribution is 2.17. The van der Waals surface area contributed by atoms with E-state index in [1.165, 1.54) is 6.42 Å².